The van der Waals surface area contributed by atoms with Crippen LogP contribution in [0.3, 0.4) is 0 Å². The maximum atomic E-state index is 12.8. The number of nitrogens with zero attached hydrogens (tertiary/aromatic N) is 3. The molecule has 0 spiro atoms. The number of anilines is 1. The number of aryl methyl sites for hydroxylation is 1. The largest absolute Gasteiger partial charge is 0.493 e. The maximum Gasteiger partial charge on any atom is 0.257 e. The van der Waals surface area contributed by atoms with Crippen LogP contribution in [0, 0.1) is 0 Å². The van der Waals surface area contributed by atoms with Gasteiger partial charge in [-0.25, -0.2) is 0 Å². The Bertz CT molecular complexity index is 1280. The number of methoxy groups -OCH3 is 1. The lowest BCUT2D eigenvalue weighted by molar-refractivity contribution is 0.102. The highest BCUT2D eigenvalue weighted by Crippen LogP contribution is 2.37. The number of fused-ring (bicyclic) bond motifs is 1. The molecule has 5 rings (SSSR count). The molecule has 166 valence electrons. The van der Waals surface area contributed by atoms with Crippen LogP contribution in [0.2, 0.25) is 0 Å². The van der Waals surface area contributed by atoms with Crippen molar-refractivity contribution in [2.75, 3.05) is 12.4 Å². The number of hydrogen-bond acceptors (Lipinski definition) is 7. The number of ether oxygens (including phenoxy) is 2. The fraction of sp³-hybridized carbons (Fsp3) is 0.200. The first-order valence-electron chi connectivity index (χ1n) is 10.7. The molecule has 2 aromatic heterocycles. The molecule has 1 amide bonds. The fourth-order valence-electron chi connectivity index (χ4n) is 3.95. The molecular weight excluding hydrogens is 436 g/mol. The van der Waals surface area contributed by atoms with Gasteiger partial charge < -0.3 is 9.47 Å². The lowest BCUT2D eigenvalue weighted by Gasteiger charge is -2.27. The summed E-state index contributed by atoms with van der Waals surface area (Å²) in [4.78, 5) is 16.8. The van der Waals surface area contributed by atoms with Crippen molar-refractivity contribution < 1.29 is 14.3 Å². The van der Waals surface area contributed by atoms with Gasteiger partial charge in [-0.1, -0.05) is 35.6 Å². The highest BCUT2D eigenvalue weighted by atomic mass is 32.1. The van der Waals surface area contributed by atoms with Gasteiger partial charge in [0.15, 0.2) is 11.5 Å². The smallest absolute Gasteiger partial charge is 0.257 e. The average Bonchev–Trinajstić information content (AvgIpc) is 3.33. The predicted octanol–water partition coefficient (Wildman–Crippen LogP) is 5.32. The Kier molecular flexibility index (Phi) is 5.99. The number of rotatable bonds is 6. The van der Waals surface area contributed by atoms with Gasteiger partial charge in [0.1, 0.15) is 11.1 Å². The van der Waals surface area contributed by atoms with Crippen molar-refractivity contribution in [2.24, 2.45) is 0 Å². The molecule has 1 unspecified atom stereocenters. The van der Waals surface area contributed by atoms with Crippen LogP contribution in [0.5, 0.6) is 11.5 Å². The van der Waals surface area contributed by atoms with E-state index in [1.54, 1.807) is 37.7 Å². The van der Waals surface area contributed by atoms with Crippen LogP contribution in [0.1, 0.15) is 40.4 Å². The van der Waals surface area contributed by atoms with Crippen LogP contribution in [0.25, 0.3) is 10.6 Å². The summed E-state index contributed by atoms with van der Waals surface area (Å²) in [5, 5.41) is 12.2. The number of benzene rings is 2. The van der Waals surface area contributed by atoms with Crippen LogP contribution in [0.4, 0.5) is 5.13 Å². The van der Waals surface area contributed by atoms with Crippen molar-refractivity contribution in [1.29, 1.82) is 0 Å². The van der Waals surface area contributed by atoms with E-state index in [1.807, 2.05) is 18.2 Å². The van der Waals surface area contributed by atoms with Crippen molar-refractivity contribution >= 4 is 22.4 Å². The first kappa shape index (κ1) is 21.1. The van der Waals surface area contributed by atoms with Crippen LogP contribution >= 0.6 is 11.3 Å². The quantitative estimate of drug-likeness (QED) is 0.421. The van der Waals surface area contributed by atoms with Crippen molar-refractivity contribution in [2.45, 2.75) is 25.4 Å². The molecule has 7 nitrogen and oxygen atoms in total. The van der Waals surface area contributed by atoms with Crippen LogP contribution < -0.4 is 14.8 Å². The second-order valence-corrected chi connectivity index (χ2v) is 8.64. The summed E-state index contributed by atoms with van der Waals surface area (Å²) in [6, 6.07) is 17.3. The molecule has 1 N–H and O–H groups in total. The summed E-state index contributed by atoms with van der Waals surface area (Å²) < 4.78 is 11.9. The molecule has 0 bridgehead atoms. The van der Waals surface area contributed by atoms with Gasteiger partial charge in [-0.15, -0.1) is 10.2 Å². The summed E-state index contributed by atoms with van der Waals surface area (Å²) in [5.74, 6) is 0.840. The number of hydrogen-bond donors (Lipinski definition) is 1. The Morgan fingerprint density at radius 1 is 1.06 bits per heavy atom. The Morgan fingerprint density at radius 2 is 1.91 bits per heavy atom. The van der Waals surface area contributed by atoms with E-state index in [-0.39, 0.29) is 12.0 Å². The summed E-state index contributed by atoms with van der Waals surface area (Å²) in [7, 11) is 1.57. The Hall–Kier alpha value is -3.78. The first-order valence-corrected chi connectivity index (χ1v) is 11.5. The fourth-order valence-corrected chi connectivity index (χ4v) is 4.69. The topological polar surface area (TPSA) is 86.2 Å². The molecule has 2 aromatic carbocycles. The van der Waals surface area contributed by atoms with E-state index in [9.17, 15) is 4.79 Å². The molecule has 0 aliphatic heterocycles. The second-order valence-electron chi connectivity index (χ2n) is 7.67. The second kappa shape index (κ2) is 9.38. The maximum absolute atomic E-state index is 12.8. The van der Waals surface area contributed by atoms with Gasteiger partial charge in [0.05, 0.1) is 7.11 Å². The van der Waals surface area contributed by atoms with Crippen molar-refractivity contribution in [3.63, 3.8) is 0 Å². The molecule has 8 heteroatoms. The number of carbonyl (C=O) groups excluding carboxylic acids is 1. The van der Waals surface area contributed by atoms with Gasteiger partial charge >= 0.3 is 0 Å². The standard InChI is InChI=1S/C25H22N4O3S/c1-31-22-15-18(23(30)27-25-29-28-24(33-25)17-11-13-26-14-12-17)9-10-21(22)32-20-8-4-6-16-5-2-3-7-19(16)20/h2-3,5,7,9-15,20H,4,6,8H2,1H3,(H,27,29,30). The minimum absolute atomic E-state index is 0.0310. The molecule has 2 heterocycles. The average molecular weight is 459 g/mol. The van der Waals surface area contributed by atoms with Gasteiger partial charge in [-0.3, -0.25) is 15.1 Å². The highest BCUT2D eigenvalue weighted by molar-refractivity contribution is 7.18. The van der Waals surface area contributed by atoms with E-state index >= 15 is 0 Å². The Balaban J connectivity index is 1.31. The van der Waals surface area contributed by atoms with Gasteiger partial charge in [0, 0.05) is 23.5 Å². The molecule has 1 aliphatic carbocycles. The summed E-state index contributed by atoms with van der Waals surface area (Å²) in [5.41, 5.74) is 3.89. The number of aromatic nitrogens is 3. The van der Waals surface area contributed by atoms with Crippen LogP contribution in [-0.4, -0.2) is 28.2 Å². The Morgan fingerprint density at radius 3 is 2.76 bits per heavy atom. The monoisotopic (exact) mass is 458 g/mol. The molecule has 0 saturated carbocycles. The van der Waals surface area contributed by atoms with E-state index in [4.69, 9.17) is 9.47 Å². The van der Waals surface area contributed by atoms with Crippen molar-refractivity contribution in [3.8, 4) is 22.1 Å². The number of amides is 1. The van der Waals surface area contributed by atoms with Gasteiger partial charge in [-0.05, 0) is 60.7 Å². The predicted molar refractivity (Wildman–Crippen MR) is 127 cm³/mol. The van der Waals surface area contributed by atoms with E-state index in [1.165, 1.54) is 22.5 Å². The molecule has 1 atom stereocenters. The van der Waals surface area contributed by atoms with E-state index in [0.717, 1.165) is 24.8 Å². The normalized spacial score (nSPS) is 14.9. The molecular formula is C25H22N4O3S. The third-order valence-corrected chi connectivity index (χ3v) is 6.47. The third kappa shape index (κ3) is 4.56. The molecule has 1 aliphatic rings. The zero-order chi connectivity index (χ0) is 22.6. The Labute approximate surface area is 195 Å². The van der Waals surface area contributed by atoms with Crippen LogP contribution in [0.15, 0.2) is 67.0 Å². The van der Waals surface area contributed by atoms with Gasteiger partial charge in [0.2, 0.25) is 5.13 Å². The minimum atomic E-state index is -0.291. The molecule has 0 fully saturated rings. The summed E-state index contributed by atoms with van der Waals surface area (Å²) in [6.07, 6.45) is 6.44. The lowest BCUT2D eigenvalue weighted by atomic mass is 9.89. The third-order valence-electron chi connectivity index (χ3n) is 5.58. The number of carbonyl (C=O) groups is 1. The molecule has 4 aromatic rings. The van der Waals surface area contributed by atoms with E-state index in [0.29, 0.717) is 27.2 Å². The zero-order valence-electron chi connectivity index (χ0n) is 18.0. The highest BCUT2D eigenvalue weighted by Gasteiger charge is 2.23. The molecule has 0 radical (unpaired) electrons. The lowest BCUT2D eigenvalue weighted by Crippen LogP contribution is -2.16. The summed E-state index contributed by atoms with van der Waals surface area (Å²) >= 11 is 1.30. The number of pyridine rings is 1. The number of nitrogens with one attached hydrogen (secondary N) is 1. The minimum Gasteiger partial charge on any atom is -0.493 e. The van der Waals surface area contributed by atoms with Gasteiger partial charge in [0.25, 0.3) is 5.91 Å². The molecule has 0 saturated heterocycles. The summed E-state index contributed by atoms with van der Waals surface area (Å²) in [6.45, 7) is 0. The zero-order valence-corrected chi connectivity index (χ0v) is 18.8. The van der Waals surface area contributed by atoms with Crippen LogP contribution in [-0.2, 0) is 6.42 Å². The SMILES string of the molecule is COc1cc(C(=O)Nc2nnc(-c3ccncc3)s2)ccc1OC1CCCc2ccccc21. The van der Waals surface area contributed by atoms with E-state index < -0.39 is 0 Å². The van der Waals surface area contributed by atoms with E-state index in [2.05, 4.69) is 38.7 Å². The molecule has 33 heavy (non-hydrogen) atoms. The first-order chi connectivity index (χ1) is 16.2. The van der Waals surface area contributed by atoms with Crippen molar-refractivity contribution in [1.82, 2.24) is 15.2 Å². The van der Waals surface area contributed by atoms with Gasteiger partial charge in [-0.2, -0.15) is 0 Å². The van der Waals surface area contributed by atoms with Crippen molar-refractivity contribution in [3.05, 3.63) is 83.7 Å².